The Bertz CT molecular complexity index is 417. The van der Waals surface area contributed by atoms with Gasteiger partial charge in [0.1, 0.15) is 0 Å². The van der Waals surface area contributed by atoms with E-state index in [1.807, 2.05) is 4.90 Å². The Labute approximate surface area is 117 Å². The number of aromatic carboxylic acids is 1. The average molecular weight is 288 g/mol. The van der Waals surface area contributed by atoms with Crippen molar-refractivity contribution >= 4 is 23.3 Å². The second kappa shape index (κ2) is 7.99. The van der Waals surface area contributed by atoms with Crippen LogP contribution in [0, 0.1) is 0 Å². The number of halogens is 1. The molecule has 0 amide bonds. The third kappa shape index (κ3) is 4.70. The summed E-state index contributed by atoms with van der Waals surface area (Å²) in [5.41, 5.74) is 0.952. The number of rotatable bonds is 8. The summed E-state index contributed by atoms with van der Waals surface area (Å²) in [5.74, 6) is -0.992. The van der Waals surface area contributed by atoms with E-state index in [2.05, 4.69) is 0 Å². The molecule has 1 N–H and O–H groups in total. The smallest absolute Gasteiger partial charge is 0.335 e. The Morgan fingerprint density at radius 2 is 1.84 bits per heavy atom. The highest BCUT2D eigenvalue weighted by Gasteiger charge is 2.12. The van der Waals surface area contributed by atoms with Gasteiger partial charge in [-0.05, 0) is 18.2 Å². The van der Waals surface area contributed by atoms with E-state index in [-0.39, 0.29) is 5.56 Å². The standard InChI is InChI=1S/C13H18ClNO4/c1-18-7-5-15(6-8-19-2)12-4-3-10(13(16)17)9-11(12)14/h3-4,9H,5-8H2,1-2H3,(H,16,17). The molecular weight excluding hydrogens is 270 g/mol. The van der Waals surface area contributed by atoms with Crippen LogP contribution in [0.4, 0.5) is 5.69 Å². The molecule has 0 aliphatic carbocycles. The van der Waals surface area contributed by atoms with Gasteiger partial charge in [0.05, 0.1) is 29.5 Å². The summed E-state index contributed by atoms with van der Waals surface area (Å²) in [6.07, 6.45) is 0. The molecule has 0 aliphatic rings. The quantitative estimate of drug-likeness (QED) is 0.794. The number of hydrogen-bond donors (Lipinski definition) is 1. The fourth-order valence-electron chi connectivity index (χ4n) is 1.65. The van der Waals surface area contributed by atoms with Crippen LogP contribution >= 0.6 is 11.6 Å². The monoisotopic (exact) mass is 287 g/mol. The lowest BCUT2D eigenvalue weighted by Gasteiger charge is -2.25. The number of carboxylic acid groups (broad SMARTS) is 1. The van der Waals surface area contributed by atoms with Crippen LogP contribution in [0.1, 0.15) is 10.4 Å². The summed E-state index contributed by atoms with van der Waals surface area (Å²) in [6, 6.07) is 4.69. The zero-order chi connectivity index (χ0) is 14.3. The molecule has 0 heterocycles. The molecule has 1 aromatic carbocycles. The highest BCUT2D eigenvalue weighted by molar-refractivity contribution is 6.33. The molecule has 0 unspecified atom stereocenters. The molecule has 6 heteroatoms. The van der Waals surface area contributed by atoms with Crippen molar-refractivity contribution in [3.63, 3.8) is 0 Å². The van der Waals surface area contributed by atoms with E-state index in [9.17, 15) is 4.79 Å². The molecule has 0 aromatic heterocycles. The Hall–Kier alpha value is -1.30. The number of anilines is 1. The van der Waals surface area contributed by atoms with Gasteiger partial charge < -0.3 is 19.5 Å². The Kier molecular flexibility index (Phi) is 6.62. The maximum absolute atomic E-state index is 10.9. The lowest BCUT2D eigenvalue weighted by molar-refractivity contribution is 0.0697. The van der Waals surface area contributed by atoms with Gasteiger partial charge in [0, 0.05) is 27.3 Å². The summed E-state index contributed by atoms with van der Waals surface area (Å²) in [5, 5.41) is 9.32. The first-order chi connectivity index (χ1) is 9.10. The van der Waals surface area contributed by atoms with Crippen LogP contribution in [0.3, 0.4) is 0 Å². The van der Waals surface area contributed by atoms with Crippen molar-refractivity contribution in [3.05, 3.63) is 28.8 Å². The topological polar surface area (TPSA) is 59.0 Å². The van der Waals surface area contributed by atoms with E-state index in [4.69, 9.17) is 26.2 Å². The molecule has 1 rings (SSSR count). The molecule has 0 radical (unpaired) electrons. The molecule has 0 aliphatic heterocycles. The molecule has 19 heavy (non-hydrogen) atoms. The number of nitrogens with zero attached hydrogens (tertiary/aromatic N) is 1. The van der Waals surface area contributed by atoms with Crippen molar-refractivity contribution in [3.8, 4) is 0 Å². The third-order valence-electron chi connectivity index (χ3n) is 2.67. The second-order valence-corrected chi connectivity index (χ2v) is 4.35. The molecule has 5 nitrogen and oxygen atoms in total. The van der Waals surface area contributed by atoms with Gasteiger partial charge in [0.2, 0.25) is 0 Å². The van der Waals surface area contributed by atoms with Gasteiger partial charge in [0.15, 0.2) is 0 Å². The summed E-state index contributed by atoms with van der Waals surface area (Å²) in [7, 11) is 3.26. The first-order valence-electron chi connectivity index (χ1n) is 5.85. The maximum Gasteiger partial charge on any atom is 0.335 e. The minimum atomic E-state index is -0.992. The first-order valence-corrected chi connectivity index (χ1v) is 6.23. The van der Waals surface area contributed by atoms with E-state index in [0.717, 1.165) is 5.69 Å². The van der Waals surface area contributed by atoms with Gasteiger partial charge in [0.25, 0.3) is 0 Å². The molecule has 1 aromatic rings. The van der Waals surface area contributed by atoms with Crippen molar-refractivity contribution in [2.45, 2.75) is 0 Å². The van der Waals surface area contributed by atoms with E-state index in [1.54, 1.807) is 20.3 Å². The molecule has 0 bridgehead atoms. The van der Waals surface area contributed by atoms with Gasteiger partial charge in [-0.25, -0.2) is 4.79 Å². The summed E-state index contributed by atoms with van der Waals surface area (Å²) in [6.45, 7) is 2.43. The van der Waals surface area contributed by atoms with Crippen LogP contribution < -0.4 is 4.90 Å². The largest absolute Gasteiger partial charge is 0.478 e. The fourth-order valence-corrected chi connectivity index (χ4v) is 1.95. The number of benzene rings is 1. The van der Waals surface area contributed by atoms with Crippen LogP contribution in [0.25, 0.3) is 0 Å². The van der Waals surface area contributed by atoms with Gasteiger partial charge >= 0.3 is 5.97 Å². The lowest BCUT2D eigenvalue weighted by Crippen LogP contribution is -2.30. The van der Waals surface area contributed by atoms with Crippen molar-refractivity contribution in [1.82, 2.24) is 0 Å². The molecule has 0 spiro atoms. The Morgan fingerprint density at radius 1 is 1.26 bits per heavy atom. The predicted octanol–water partition coefficient (Wildman–Crippen LogP) is 2.14. The maximum atomic E-state index is 10.9. The van der Waals surface area contributed by atoms with Gasteiger partial charge in [-0.15, -0.1) is 0 Å². The van der Waals surface area contributed by atoms with Crippen LogP contribution in [0.15, 0.2) is 18.2 Å². The van der Waals surface area contributed by atoms with Crippen LogP contribution in [-0.2, 0) is 9.47 Å². The number of hydrogen-bond acceptors (Lipinski definition) is 4. The van der Waals surface area contributed by atoms with Crippen molar-refractivity contribution in [2.75, 3.05) is 45.4 Å². The summed E-state index contributed by atoms with van der Waals surface area (Å²) >= 11 is 6.14. The van der Waals surface area contributed by atoms with Gasteiger partial charge in [-0.3, -0.25) is 0 Å². The Balaban J connectivity index is 2.90. The van der Waals surface area contributed by atoms with E-state index < -0.39 is 5.97 Å². The van der Waals surface area contributed by atoms with E-state index in [1.165, 1.54) is 12.1 Å². The fraction of sp³-hybridized carbons (Fsp3) is 0.462. The summed E-state index contributed by atoms with van der Waals surface area (Å²) in [4.78, 5) is 12.9. The minimum absolute atomic E-state index is 0.173. The first kappa shape index (κ1) is 15.8. The molecule has 0 fully saturated rings. The SMILES string of the molecule is COCCN(CCOC)c1ccc(C(=O)O)cc1Cl. The minimum Gasteiger partial charge on any atom is -0.478 e. The Morgan fingerprint density at radius 3 is 2.26 bits per heavy atom. The number of ether oxygens (including phenoxy) is 2. The van der Waals surface area contributed by atoms with Crippen LogP contribution in [0.5, 0.6) is 0 Å². The van der Waals surface area contributed by atoms with Crippen molar-refractivity contribution in [1.29, 1.82) is 0 Å². The highest BCUT2D eigenvalue weighted by atomic mass is 35.5. The molecule has 106 valence electrons. The van der Waals surface area contributed by atoms with Crippen LogP contribution in [-0.4, -0.2) is 51.6 Å². The zero-order valence-electron chi connectivity index (χ0n) is 11.1. The molecule has 0 saturated carbocycles. The second-order valence-electron chi connectivity index (χ2n) is 3.94. The number of methoxy groups -OCH3 is 2. The number of carboxylic acids is 1. The van der Waals surface area contributed by atoms with Gasteiger partial charge in [-0.1, -0.05) is 11.6 Å². The molecule has 0 atom stereocenters. The van der Waals surface area contributed by atoms with E-state index in [0.29, 0.717) is 31.3 Å². The zero-order valence-corrected chi connectivity index (χ0v) is 11.8. The molecule has 0 saturated heterocycles. The number of carbonyl (C=O) groups is 1. The average Bonchev–Trinajstić information content (AvgIpc) is 2.39. The van der Waals surface area contributed by atoms with Crippen molar-refractivity contribution < 1.29 is 19.4 Å². The third-order valence-corrected chi connectivity index (χ3v) is 2.97. The molecular formula is C13H18ClNO4. The predicted molar refractivity (Wildman–Crippen MR) is 74.4 cm³/mol. The lowest BCUT2D eigenvalue weighted by atomic mass is 10.2. The summed E-state index contributed by atoms with van der Waals surface area (Å²) < 4.78 is 10.1. The van der Waals surface area contributed by atoms with Crippen LogP contribution in [0.2, 0.25) is 5.02 Å². The normalized spacial score (nSPS) is 10.5. The highest BCUT2D eigenvalue weighted by Crippen LogP contribution is 2.26. The van der Waals surface area contributed by atoms with E-state index >= 15 is 0 Å². The van der Waals surface area contributed by atoms with Gasteiger partial charge in [-0.2, -0.15) is 0 Å². The van der Waals surface area contributed by atoms with Crippen molar-refractivity contribution in [2.24, 2.45) is 0 Å².